The lowest BCUT2D eigenvalue weighted by molar-refractivity contribution is -0.384. The molecule has 0 spiro atoms. The van der Waals surface area contributed by atoms with Gasteiger partial charge in [0, 0.05) is 17.8 Å². The van der Waals surface area contributed by atoms with E-state index in [4.69, 9.17) is 9.47 Å². The number of carbonyl (C=O) groups excluding carboxylic acids is 3. The van der Waals surface area contributed by atoms with Crippen LogP contribution < -0.4 is 14.4 Å². The first-order chi connectivity index (χ1) is 17.3. The average molecular weight is 487 g/mol. The predicted molar refractivity (Wildman–Crippen MR) is 128 cm³/mol. The number of hydrogen-bond acceptors (Lipinski definition) is 7. The highest BCUT2D eigenvalue weighted by molar-refractivity contribution is 6.25. The van der Waals surface area contributed by atoms with E-state index < -0.39 is 34.7 Å². The van der Waals surface area contributed by atoms with Gasteiger partial charge in [-0.05, 0) is 55.0 Å². The van der Waals surface area contributed by atoms with Crippen molar-refractivity contribution in [3.63, 3.8) is 0 Å². The zero-order valence-electron chi connectivity index (χ0n) is 19.4. The summed E-state index contributed by atoms with van der Waals surface area (Å²) in [5.74, 6) is -0.575. The minimum absolute atomic E-state index is 0.0340. The lowest BCUT2D eigenvalue weighted by Crippen LogP contribution is -2.67. The number of β-lactam (4-membered cyclic amide) rings is 1. The highest BCUT2D eigenvalue weighted by atomic mass is 16.6. The van der Waals surface area contributed by atoms with Crippen LogP contribution in [0.3, 0.4) is 0 Å². The number of nitro benzene ring substituents is 1. The van der Waals surface area contributed by atoms with Gasteiger partial charge in [0.15, 0.2) is 0 Å². The maximum atomic E-state index is 13.5. The molecule has 2 aliphatic rings. The number of nitrogens with zero attached hydrogens (tertiary/aromatic N) is 3. The van der Waals surface area contributed by atoms with E-state index in [9.17, 15) is 24.5 Å². The SMILES string of the molecule is CCOc1ccc([C@H]2[C@@H](N3C(=O)c4ccc([N+](=O)[O-])cc4C3=O)C(=O)N2c2ccc(OC)cc2)cc1. The summed E-state index contributed by atoms with van der Waals surface area (Å²) in [5.41, 5.74) is 0.909. The zero-order chi connectivity index (χ0) is 25.6. The summed E-state index contributed by atoms with van der Waals surface area (Å²) in [7, 11) is 1.54. The van der Waals surface area contributed by atoms with Crippen LogP contribution in [0.4, 0.5) is 11.4 Å². The topological polar surface area (TPSA) is 119 Å². The normalized spacial score (nSPS) is 18.7. The number of anilines is 1. The molecule has 182 valence electrons. The Morgan fingerprint density at radius 1 is 0.833 bits per heavy atom. The summed E-state index contributed by atoms with van der Waals surface area (Å²) in [6.45, 7) is 2.36. The third kappa shape index (κ3) is 3.54. The number of imide groups is 1. The van der Waals surface area contributed by atoms with Gasteiger partial charge >= 0.3 is 0 Å². The van der Waals surface area contributed by atoms with Gasteiger partial charge in [0.05, 0.1) is 35.8 Å². The second-order valence-corrected chi connectivity index (χ2v) is 8.27. The number of fused-ring (bicyclic) bond motifs is 1. The van der Waals surface area contributed by atoms with Crippen molar-refractivity contribution in [1.82, 2.24) is 4.90 Å². The first-order valence-electron chi connectivity index (χ1n) is 11.2. The summed E-state index contributed by atoms with van der Waals surface area (Å²) in [5, 5.41) is 11.2. The van der Waals surface area contributed by atoms with E-state index in [-0.39, 0.29) is 16.8 Å². The highest BCUT2D eigenvalue weighted by Crippen LogP contribution is 2.45. The Bertz CT molecular complexity index is 1390. The van der Waals surface area contributed by atoms with Crippen molar-refractivity contribution in [3.05, 3.63) is 93.5 Å². The number of benzene rings is 3. The third-order valence-corrected chi connectivity index (χ3v) is 6.34. The number of hydrogen-bond donors (Lipinski definition) is 0. The molecule has 3 aromatic rings. The molecule has 5 rings (SSSR count). The van der Waals surface area contributed by atoms with E-state index >= 15 is 0 Å². The maximum absolute atomic E-state index is 13.5. The number of nitro groups is 1. The predicted octanol–water partition coefficient (Wildman–Crippen LogP) is 3.75. The molecule has 2 heterocycles. The largest absolute Gasteiger partial charge is 0.497 e. The molecule has 3 amide bonds. The van der Waals surface area contributed by atoms with Gasteiger partial charge in [0.1, 0.15) is 17.5 Å². The summed E-state index contributed by atoms with van der Waals surface area (Å²) in [4.78, 5) is 53.0. The quantitative estimate of drug-likeness (QED) is 0.215. The van der Waals surface area contributed by atoms with Crippen molar-refractivity contribution in [3.8, 4) is 11.5 Å². The Balaban J connectivity index is 1.55. The number of rotatable bonds is 7. The fourth-order valence-corrected chi connectivity index (χ4v) is 4.63. The average Bonchev–Trinajstić information content (AvgIpc) is 3.13. The fraction of sp³-hybridized carbons (Fsp3) is 0.192. The van der Waals surface area contributed by atoms with E-state index in [0.717, 1.165) is 11.0 Å². The number of ether oxygens (including phenoxy) is 2. The highest BCUT2D eigenvalue weighted by Gasteiger charge is 2.57. The molecular weight excluding hydrogens is 466 g/mol. The molecule has 0 bridgehead atoms. The van der Waals surface area contributed by atoms with Crippen LogP contribution in [0.2, 0.25) is 0 Å². The minimum atomic E-state index is -1.11. The first-order valence-corrected chi connectivity index (χ1v) is 11.2. The van der Waals surface area contributed by atoms with Crippen LogP contribution in [0, 0.1) is 10.1 Å². The van der Waals surface area contributed by atoms with E-state index in [1.165, 1.54) is 24.1 Å². The van der Waals surface area contributed by atoms with Gasteiger partial charge < -0.3 is 14.4 Å². The lowest BCUT2D eigenvalue weighted by Gasteiger charge is -2.49. The molecule has 0 N–H and O–H groups in total. The van der Waals surface area contributed by atoms with E-state index in [1.54, 1.807) is 48.5 Å². The van der Waals surface area contributed by atoms with Crippen LogP contribution in [0.1, 0.15) is 39.2 Å². The van der Waals surface area contributed by atoms with Gasteiger partial charge in [-0.3, -0.25) is 29.4 Å². The Hall–Kier alpha value is -4.73. The molecule has 0 unspecified atom stereocenters. The summed E-state index contributed by atoms with van der Waals surface area (Å²) < 4.78 is 10.7. The monoisotopic (exact) mass is 487 g/mol. The summed E-state index contributed by atoms with van der Waals surface area (Å²) in [6.07, 6.45) is 0. The van der Waals surface area contributed by atoms with Crippen molar-refractivity contribution in [2.24, 2.45) is 0 Å². The van der Waals surface area contributed by atoms with Crippen LogP contribution >= 0.6 is 0 Å². The molecule has 0 radical (unpaired) electrons. The number of non-ortho nitro benzene ring substituents is 1. The molecule has 2 aliphatic heterocycles. The first kappa shape index (κ1) is 23.0. The molecule has 2 atom stereocenters. The standard InChI is InChI=1S/C26H21N3O7/c1-3-36-19-9-4-15(5-10-19)22-23(26(32)27(22)16-6-11-18(35-2)12-7-16)28-24(30)20-13-8-17(29(33)34)14-21(20)25(28)31/h4-14,22-23H,3H2,1-2H3/t22-,23+/m0/s1. The Morgan fingerprint density at radius 3 is 2.08 bits per heavy atom. The smallest absolute Gasteiger partial charge is 0.270 e. The van der Waals surface area contributed by atoms with Crippen molar-refractivity contribution in [1.29, 1.82) is 0 Å². The molecule has 3 aromatic carbocycles. The minimum Gasteiger partial charge on any atom is -0.497 e. The Kier molecular flexibility index (Phi) is 5.63. The Morgan fingerprint density at radius 2 is 1.47 bits per heavy atom. The molecule has 0 aromatic heterocycles. The van der Waals surface area contributed by atoms with Crippen LogP contribution in [-0.4, -0.2) is 47.3 Å². The van der Waals surface area contributed by atoms with Gasteiger partial charge in [-0.25, -0.2) is 0 Å². The van der Waals surface area contributed by atoms with Crippen LogP contribution in [0.5, 0.6) is 11.5 Å². The van der Waals surface area contributed by atoms with Gasteiger partial charge in [0.25, 0.3) is 23.4 Å². The maximum Gasteiger partial charge on any atom is 0.270 e. The van der Waals surface area contributed by atoms with Crippen molar-refractivity contribution in [2.75, 3.05) is 18.6 Å². The summed E-state index contributed by atoms with van der Waals surface area (Å²) >= 11 is 0. The molecule has 1 fully saturated rings. The third-order valence-electron chi connectivity index (χ3n) is 6.34. The molecule has 36 heavy (non-hydrogen) atoms. The van der Waals surface area contributed by atoms with Crippen molar-refractivity contribution in [2.45, 2.75) is 19.0 Å². The van der Waals surface area contributed by atoms with Gasteiger partial charge in [0.2, 0.25) is 0 Å². The number of methoxy groups -OCH3 is 1. The van der Waals surface area contributed by atoms with Crippen molar-refractivity contribution < 1.29 is 28.8 Å². The second kappa shape index (κ2) is 8.81. The van der Waals surface area contributed by atoms with Crippen LogP contribution in [0.25, 0.3) is 0 Å². The molecule has 0 saturated carbocycles. The number of carbonyl (C=O) groups is 3. The molecule has 0 aliphatic carbocycles. The zero-order valence-corrected chi connectivity index (χ0v) is 19.4. The van der Waals surface area contributed by atoms with E-state index in [1.807, 2.05) is 6.92 Å². The van der Waals surface area contributed by atoms with Crippen LogP contribution in [0.15, 0.2) is 66.7 Å². The van der Waals surface area contributed by atoms with E-state index in [0.29, 0.717) is 29.4 Å². The molecular formula is C26H21N3O7. The number of amides is 3. The summed E-state index contributed by atoms with van der Waals surface area (Å²) in [6, 6.07) is 15.7. The molecule has 10 heteroatoms. The van der Waals surface area contributed by atoms with Crippen LogP contribution in [-0.2, 0) is 4.79 Å². The van der Waals surface area contributed by atoms with Gasteiger partial charge in [-0.2, -0.15) is 0 Å². The molecule has 10 nitrogen and oxygen atoms in total. The van der Waals surface area contributed by atoms with E-state index in [2.05, 4.69) is 0 Å². The molecule has 1 saturated heterocycles. The fourth-order valence-electron chi connectivity index (χ4n) is 4.63. The second-order valence-electron chi connectivity index (χ2n) is 8.27. The van der Waals surface area contributed by atoms with Crippen molar-refractivity contribution >= 4 is 29.1 Å². The van der Waals surface area contributed by atoms with Gasteiger partial charge in [-0.1, -0.05) is 12.1 Å². The Labute approximate surface area is 205 Å². The lowest BCUT2D eigenvalue weighted by atomic mass is 9.86. The van der Waals surface area contributed by atoms with Gasteiger partial charge in [-0.15, -0.1) is 0 Å².